The zero-order valence-electron chi connectivity index (χ0n) is 10.5. The molecule has 0 atom stereocenters. The van der Waals surface area contributed by atoms with Gasteiger partial charge in [0.1, 0.15) is 12.4 Å². The molecule has 0 aromatic heterocycles. The topological polar surface area (TPSA) is 66.4 Å². The van der Waals surface area contributed by atoms with Gasteiger partial charge in [0.15, 0.2) is 0 Å². The molecule has 20 heavy (non-hydrogen) atoms. The Bertz CT molecular complexity index is 641. The Labute approximate surface area is 114 Å². The summed E-state index contributed by atoms with van der Waals surface area (Å²) in [5.41, 5.74) is 1.19. The maximum absolute atomic E-state index is 14.0. The molecule has 0 bridgehead atoms. The predicted octanol–water partition coefficient (Wildman–Crippen LogP) is 2.31. The van der Waals surface area contributed by atoms with Crippen molar-refractivity contribution in [1.29, 1.82) is 0 Å². The van der Waals surface area contributed by atoms with Gasteiger partial charge < -0.3 is 10.4 Å². The van der Waals surface area contributed by atoms with Gasteiger partial charge in [-0.3, -0.25) is 9.59 Å². The number of carboxylic acid groups (broad SMARTS) is 1. The van der Waals surface area contributed by atoms with E-state index in [1.807, 2.05) is 6.07 Å². The molecule has 0 aliphatic rings. The van der Waals surface area contributed by atoms with E-state index in [0.29, 0.717) is 11.1 Å². The maximum atomic E-state index is 14.0. The third-order valence-corrected chi connectivity index (χ3v) is 2.72. The molecule has 0 aliphatic carbocycles. The van der Waals surface area contributed by atoms with Crippen LogP contribution in [0.4, 0.5) is 4.39 Å². The summed E-state index contributed by atoms with van der Waals surface area (Å²) in [6, 6.07) is 13.0. The van der Waals surface area contributed by atoms with Gasteiger partial charge in [-0.15, -0.1) is 0 Å². The van der Waals surface area contributed by atoms with Crippen LogP contribution in [0.2, 0.25) is 0 Å². The largest absolute Gasteiger partial charge is 0.480 e. The molecule has 2 N–H and O–H groups in total. The van der Waals surface area contributed by atoms with Crippen LogP contribution in [0.3, 0.4) is 0 Å². The van der Waals surface area contributed by atoms with Gasteiger partial charge in [0.05, 0.1) is 0 Å². The predicted molar refractivity (Wildman–Crippen MR) is 71.8 cm³/mol. The molecule has 0 fully saturated rings. The second kappa shape index (κ2) is 5.97. The number of carbonyl (C=O) groups excluding carboxylic acids is 1. The van der Waals surface area contributed by atoms with Crippen molar-refractivity contribution in [3.63, 3.8) is 0 Å². The molecule has 102 valence electrons. The van der Waals surface area contributed by atoms with Gasteiger partial charge in [-0.05, 0) is 17.7 Å². The van der Waals surface area contributed by atoms with E-state index >= 15 is 0 Å². The number of nitrogens with one attached hydrogen (secondary N) is 1. The highest BCUT2D eigenvalue weighted by molar-refractivity contribution is 5.96. The Morgan fingerprint density at radius 1 is 1.10 bits per heavy atom. The van der Waals surface area contributed by atoms with Crippen LogP contribution in [0.15, 0.2) is 48.5 Å². The maximum Gasteiger partial charge on any atom is 0.322 e. The zero-order valence-corrected chi connectivity index (χ0v) is 10.5. The van der Waals surface area contributed by atoms with E-state index in [0.717, 1.165) is 6.07 Å². The van der Waals surface area contributed by atoms with Gasteiger partial charge in [0.2, 0.25) is 0 Å². The van der Waals surface area contributed by atoms with E-state index in [1.165, 1.54) is 12.1 Å². The van der Waals surface area contributed by atoms with Crippen LogP contribution < -0.4 is 5.32 Å². The Balaban J connectivity index is 2.22. The van der Waals surface area contributed by atoms with Crippen LogP contribution in [0.1, 0.15) is 10.4 Å². The van der Waals surface area contributed by atoms with Crippen LogP contribution in [-0.2, 0) is 4.79 Å². The lowest BCUT2D eigenvalue weighted by Crippen LogP contribution is -2.29. The molecule has 5 heteroatoms. The normalized spacial score (nSPS) is 10.1. The highest BCUT2D eigenvalue weighted by atomic mass is 19.1. The standard InChI is InChI=1S/C15H12FNO3/c16-13-8-11(15(20)17-9-14(18)19)6-7-12(13)10-4-2-1-3-5-10/h1-8H,9H2,(H,17,20)(H,18,19). The number of benzene rings is 2. The third-order valence-electron chi connectivity index (χ3n) is 2.72. The molecule has 0 saturated heterocycles. The quantitative estimate of drug-likeness (QED) is 0.898. The second-order valence-corrected chi connectivity index (χ2v) is 4.14. The number of halogens is 1. The highest BCUT2D eigenvalue weighted by Gasteiger charge is 2.11. The lowest BCUT2D eigenvalue weighted by Gasteiger charge is -2.06. The van der Waals surface area contributed by atoms with Crippen LogP contribution in [0.5, 0.6) is 0 Å². The van der Waals surface area contributed by atoms with Gasteiger partial charge in [-0.25, -0.2) is 4.39 Å². The molecule has 2 rings (SSSR count). The molecule has 1 amide bonds. The monoisotopic (exact) mass is 273 g/mol. The molecule has 2 aromatic carbocycles. The highest BCUT2D eigenvalue weighted by Crippen LogP contribution is 2.23. The summed E-state index contributed by atoms with van der Waals surface area (Å²) in [5.74, 6) is -2.30. The van der Waals surface area contributed by atoms with Crippen molar-refractivity contribution in [2.75, 3.05) is 6.54 Å². The van der Waals surface area contributed by atoms with Crippen molar-refractivity contribution >= 4 is 11.9 Å². The van der Waals surface area contributed by atoms with Crippen molar-refractivity contribution in [2.45, 2.75) is 0 Å². The minimum Gasteiger partial charge on any atom is -0.480 e. The molecule has 4 nitrogen and oxygen atoms in total. The van der Waals surface area contributed by atoms with Crippen molar-refractivity contribution in [2.24, 2.45) is 0 Å². The lowest BCUT2D eigenvalue weighted by molar-refractivity contribution is -0.135. The Kier molecular flexibility index (Phi) is 4.10. The first-order chi connectivity index (χ1) is 9.58. The first kappa shape index (κ1) is 13.7. The minimum atomic E-state index is -1.15. The van der Waals surface area contributed by atoms with Gasteiger partial charge in [-0.2, -0.15) is 0 Å². The summed E-state index contributed by atoms with van der Waals surface area (Å²) in [6.07, 6.45) is 0. The number of aliphatic carboxylic acids is 1. The van der Waals surface area contributed by atoms with Crippen LogP contribution in [0, 0.1) is 5.82 Å². The van der Waals surface area contributed by atoms with E-state index in [1.54, 1.807) is 24.3 Å². The molecule has 0 unspecified atom stereocenters. The van der Waals surface area contributed by atoms with Gasteiger partial charge in [-0.1, -0.05) is 36.4 Å². The van der Waals surface area contributed by atoms with E-state index in [-0.39, 0.29) is 5.56 Å². The number of amides is 1. The molecule has 0 heterocycles. The molecular formula is C15H12FNO3. The van der Waals surface area contributed by atoms with Crippen molar-refractivity contribution in [3.8, 4) is 11.1 Å². The summed E-state index contributed by atoms with van der Waals surface area (Å²) in [7, 11) is 0. The Morgan fingerprint density at radius 3 is 2.40 bits per heavy atom. The fourth-order valence-corrected chi connectivity index (χ4v) is 1.77. The van der Waals surface area contributed by atoms with Crippen molar-refractivity contribution in [3.05, 3.63) is 59.9 Å². The molecule has 2 aromatic rings. The fraction of sp³-hybridized carbons (Fsp3) is 0.0667. The second-order valence-electron chi connectivity index (χ2n) is 4.14. The van der Waals surface area contributed by atoms with Gasteiger partial charge in [0, 0.05) is 11.1 Å². The summed E-state index contributed by atoms with van der Waals surface area (Å²) < 4.78 is 14.0. The first-order valence-electron chi connectivity index (χ1n) is 5.93. The average molecular weight is 273 g/mol. The van der Waals surface area contributed by atoms with Crippen molar-refractivity contribution < 1.29 is 19.1 Å². The minimum absolute atomic E-state index is 0.0865. The number of rotatable bonds is 4. The Hall–Kier alpha value is -2.69. The summed E-state index contributed by atoms with van der Waals surface area (Å²) in [4.78, 5) is 22.0. The Morgan fingerprint density at radius 2 is 1.80 bits per heavy atom. The third kappa shape index (κ3) is 3.20. The molecule has 0 spiro atoms. The fourth-order valence-electron chi connectivity index (χ4n) is 1.77. The van der Waals surface area contributed by atoms with Crippen molar-refractivity contribution in [1.82, 2.24) is 5.32 Å². The molecule has 0 aliphatic heterocycles. The molecular weight excluding hydrogens is 261 g/mol. The number of carbonyl (C=O) groups is 2. The number of carboxylic acids is 1. The van der Waals surface area contributed by atoms with E-state index in [4.69, 9.17) is 5.11 Å². The van der Waals surface area contributed by atoms with E-state index < -0.39 is 24.2 Å². The summed E-state index contributed by atoms with van der Waals surface area (Å²) >= 11 is 0. The molecule has 0 radical (unpaired) electrons. The SMILES string of the molecule is O=C(O)CNC(=O)c1ccc(-c2ccccc2)c(F)c1. The zero-order chi connectivity index (χ0) is 14.5. The number of hydrogen-bond donors (Lipinski definition) is 2. The summed E-state index contributed by atoms with van der Waals surface area (Å²) in [5, 5.41) is 10.6. The van der Waals surface area contributed by atoms with E-state index in [2.05, 4.69) is 5.32 Å². The van der Waals surface area contributed by atoms with Gasteiger partial charge in [0.25, 0.3) is 5.91 Å². The first-order valence-corrected chi connectivity index (χ1v) is 5.93. The molecule has 0 saturated carbocycles. The number of hydrogen-bond acceptors (Lipinski definition) is 2. The van der Waals surface area contributed by atoms with Crippen LogP contribution in [0.25, 0.3) is 11.1 Å². The van der Waals surface area contributed by atoms with Crippen LogP contribution in [-0.4, -0.2) is 23.5 Å². The van der Waals surface area contributed by atoms with Gasteiger partial charge >= 0.3 is 5.97 Å². The van der Waals surface area contributed by atoms with Crippen LogP contribution >= 0.6 is 0 Å². The summed E-state index contributed by atoms with van der Waals surface area (Å²) in [6.45, 7) is -0.499. The smallest absolute Gasteiger partial charge is 0.322 e. The lowest BCUT2D eigenvalue weighted by atomic mass is 10.0. The average Bonchev–Trinajstić information content (AvgIpc) is 2.45. The van der Waals surface area contributed by atoms with E-state index in [9.17, 15) is 14.0 Å².